The molecule has 0 aromatic heterocycles. The lowest BCUT2D eigenvalue weighted by Crippen LogP contribution is -2.50. The van der Waals surface area contributed by atoms with Gasteiger partial charge in [0.2, 0.25) is 5.91 Å². The van der Waals surface area contributed by atoms with E-state index in [1.165, 1.54) is 23.3 Å². The molecule has 2 aliphatic rings. The zero-order valence-corrected chi connectivity index (χ0v) is 15.0. The summed E-state index contributed by atoms with van der Waals surface area (Å²) >= 11 is 0. The Bertz CT molecular complexity index is 976. The van der Waals surface area contributed by atoms with E-state index in [0.29, 0.717) is 5.69 Å². The molecule has 4 rings (SSSR count). The van der Waals surface area contributed by atoms with Crippen molar-refractivity contribution in [3.8, 4) is 0 Å². The molecule has 2 aromatic carbocycles. The van der Waals surface area contributed by atoms with Gasteiger partial charge in [-0.05, 0) is 54.4 Å². The summed E-state index contributed by atoms with van der Waals surface area (Å²) in [6, 6.07) is 8.89. The average molecular weight is 382 g/mol. The topological polar surface area (TPSA) is 90.5 Å². The number of fused-ring (bicyclic) bond motifs is 1. The molecule has 2 aromatic rings. The highest BCUT2D eigenvalue weighted by Crippen LogP contribution is 2.24. The number of nitrogens with one attached hydrogen (secondary N) is 3. The predicted octanol–water partition coefficient (Wildman–Crippen LogP) is 2.17. The fourth-order valence-corrected chi connectivity index (χ4v) is 3.41. The molecule has 28 heavy (non-hydrogen) atoms. The molecule has 0 radical (unpaired) electrons. The molecule has 7 nitrogen and oxygen atoms in total. The van der Waals surface area contributed by atoms with Crippen LogP contribution in [0.1, 0.15) is 27.9 Å². The third-order valence-electron chi connectivity index (χ3n) is 4.90. The third kappa shape index (κ3) is 3.59. The number of halogens is 1. The van der Waals surface area contributed by atoms with Gasteiger partial charge in [-0.25, -0.2) is 9.18 Å². The molecule has 0 spiro atoms. The van der Waals surface area contributed by atoms with Gasteiger partial charge < -0.3 is 10.6 Å². The second-order valence-electron chi connectivity index (χ2n) is 6.79. The van der Waals surface area contributed by atoms with Gasteiger partial charge >= 0.3 is 6.03 Å². The predicted molar refractivity (Wildman–Crippen MR) is 102 cm³/mol. The number of amides is 4. The van der Waals surface area contributed by atoms with Crippen LogP contribution < -0.4 is 20.9 Å². The summed E-state index contributed by atoms with van der Waals surface area (Å²) in [7, 11) is 0. The molecular formula is C20H19FN4O3. The van der Waals surface area contributed by atoms with Crippen molar-refractivity contribution in [2.75, 3.05) is 23.3 Å². The number of carbonyl (C=O) groups is 3. The molecule has 0 atom stereocenters. The Morgan fingerprint density at radius 2 is 1.93 bits per heavy atom. The van der Waals surface area contributed by atoms with E-state index in [0.717, 1.165) is 30.5 Å². The van der Waals surface area contributed by atoms with Crippen molar-refractivity contribution < 1.29 is 18.8 Å². The summed E-state index contributed by atoms with van der Waals surface area (Å²) < 4.78 is 14.3. The second-order valence-corrected chi connectivity index (χ2v) is 6.79. The lowest BCUT2D eigenvalue weighted by atomic mass is 10.0. The van der Waals surface area contributed by atoms with Gasteiger partial charge in [0.05, 0.1) is 5.69 Å². The summed E-state index contributed by atoms with van der Waals surface area (Å²) in [5, 5.41) is 8.26. The van der Waals surface area contributed by atoms with Gasteiger partial charge in [0.1, 0.15) is 5.82 Å². The van der Waals surface area contributed by atoms with E-state index in [-0.39, 0.29) is 24.2 Å². The van der Waals surface area contributed by atoms with Gasteiger partial charge in [0, 0.05) is 30.8 Å². The van der Waals surface area contributed by atoms with E-state index >= 15 is 0 Å². The number of benzene rings is 2. The summed E-state index contributed by atoms with van der Waals surface area (Å²) in [6.45, 7) is 1.77. The van der Waals surface area contributed by atoms with Crippen LogP contribution in [0.2, 0.25) is 0 Å². The first-order valence-electron chi connectivity index (χ1n) is 9.06. The number of urea groups is 1. The highest BCUT2D eigenvalue weighted by molar-refractivity contribution is 6.08. The zero-order chi connectivity index (χ0) is 19.7. The largest absolute Gasteiger partial charge is 0.328 e. The summed E-state index contributed by atoms with van der Waals surface area (Å²) in [6.07, 6.45) is 0.966. The van der Waals surface area contributed by atoms with Gasteiger partial charge in [-0.2, -0.15) is 0 Å². The van der Waals surface area contributed by atoms with Crippen molar-refractivity contribution in [1.82, 2.24) is 10.6 Å². The Hall–Kier alpha value is -3.26. The number of rotatable bonds is 3. The third-order valence-corrected chi connectivity index (χ3v) is 4.90. The smallest absolute Gasteiger partial charge is 0.322 e. The Morgan fingerprint density at radius 1 is 1.07 bits per heavy atom. The molecule has 1 saturated heterocycles. The van der Waals surface area contributed by atoms with Crippen LogP contribution in [0.4, 0.5) is 20.6 Å². The van der Waals surface area contributed by atoms with Crippen LogP contribution in [0.3, 0.4) is 0 Å². The summed E-state index contributed by atoms with van der Waals surface area (Å²) in [5.74, 6) is -1.44. The van der Waals surface area contributed by atoms with Crippen LogP contribution in [-0.2, 0) is 17.8 Å². The minimum Gasteiger partial charge on any atom is -0.322 e. The van der Waals surface area contributed by atoms with Crippen molar-refractivity contribution in [2.45, 2.75) is 19.4 Å². The quantitative estimate of drug-likeness (QED) is 0.759. The Kier molecular flexibility index (Phi) is 4.79. The number of hydrogen-bond donors (Lipinski definition) is 3. The molecule has 4 amide bonds. The molecule has 144 valence electrons. The molecule has 0 saturated carbocycles. The molecule has 0 bridgehead atoms. The molecule has 2 heterocycles. The van der Waals surface area contributed by atoms with E-state index < -0.39 is 23.7 Å². The van der Waals surface area contributed by atoms with E-state index in [1.54, 1.807) is 0 Å². The fraction of sp³-hybridized carbons (Fsp3) is 0.250. The molecule has 1 fully saturated rings. The standard InChI is InChI=1S/C20H19FN4O3/c21-16-4-2-13(10-17(16)25-8-6-18(26)24-20(25)28)19(27)23-15-3-1-14-11-22-7-5-12(14)9-15/h1-4,9-10,22H,5-8,11H2,(H,23,27)(H,24,26,28). The first kappa shape index (κ1) is 18.1. The number of hydrogen-bond acceptors (Lipinski definition) is 4. The highest BCUT2D eigenvalue weighted by atomic mass is 19.1. The van der Waals surface area contributed by atoms with Crippen LogP contribution in [-0.4, -0.2) is 30.9 Å². The van der Waals surface area contributed by atoms with Crippen LogP contribution in [0.15, 0.2) is 36.4 Å². The van der Waals surface area contributed by atoms with Crippen molar-refractivity contribution in [2.24, 2.45) is 0 Å². The molecule has 8 heteroatoms. The minimum atomic E-state index is -0.698. The van der Waals surface area contributed by atoms with Gasteiger partial charge in [-0.3, -0.25) is 19.8 Å². The van der Waals surface area contributed by atoms with E-state index in [9.17, 15) is 18.8 Å². The van der Waals surface area contributed by atoms with Crippen LogP contribution in [0.25, 0.3) is 0 Å². The monoisotopic (exact) mass is 382 g/mol. The lowest BCUT2D eigenvalue weighted by molar-refractivity contribution is -0.120. The van der Waals surface area contributed by atoms with Gasteiger partial charge in [-0.1, -0.05) is 6.07 Å². The molecule has 2 aliphatic heterocycles. The van der Waals surface area contributed by atoms with Gasteiger partial charge in [0.25, 0.3) is 5.91 Å². The normalized spacial score (nSPS) is 16.4. The number of carbonyl (C=O) groups excluding carboxylic acids is 3. The Balaban J connectivity index is 1.55. The molecule has 3 N–H and O–H groups in total. The van der Waals surface area contributed by atoms with Crippen LogP contribution in [0, 0.1) is 5.82 Å². The molecule has 0 aliphatic carbocycles. The Morgan fingerprint density at radius 3 is 2.75 bits per heavy atom. The average Bonchev–Trinajstić information content (AvgIpc) is 2.68. The molecular weight excluding hydrogens is 363 g/mol. The van der Waals surface area contributed by atoms with Crippen molar-refractivity contribution in [3.05, 3.63) is 58.9 Å². The van der Waals surface area contributed by atoms with Crippen molar-refractivity contribution in [3.63, 3.8) is 0 Å². The number of nitrogens with zero attached hydrogens (tertiary/aromatic N) is 1. The number of imide groups is 1. The van der Waals surface area contributed by atoms with Crippen molar-refractivity contribution >= 4 is 29.2 Å². The first-order chi connectivity index (χ1) is 13.5. The summed E-state index contributed by atoms with van der Waals surface area (Å²) in [4.78, 5) is 37.1. The highest BCUT2D eigenvalue weighted by Gasteiger charge is 2.27. The van der Waals surface area contributed by atoms with E-state index in [4.69, 9.17) is 0 Å². The zero-order valence-electron chi connectivity index (χ0n) is 15.0. The first-order valence-corrected chi connectivity index (χ1v) is 9.06. The maximum Gasteiger partial charge on any atom is 0.328 e. The van der Waals surface area contributed by atoms with Gasteiger partial charge in [0.15, 0.2) is 0 Å². The van der Waals surface area contributed by atoms with Crippen LogP contribution >= 0.6 is 0 Å². The van der Waals surface area contributed by atoms with Crippen LogP contribution in [0.5, 0.6) is 0 Å². The van der Waals surface area contributed by atoms with E-state index in [2.05, 4.69) is 16.0 Å². The Labute approximate surface area is 160 Å². The fourth-order valence-electron chi connectivity index (χ4n) is 3.41. The minimum absolute atomic E-state index is 0.0332. The van der Waals surface area contributed by atoms with Gasteiger partial charge in [-0.15, -0.1) is 0 Å². The maximum absolute atomic E-state index is 14.3. The van der Waals surface area contributed by atoms with Crippen molar-refractivity contribution in [1.29, 1.82) is 0 Å². The van der Waals surface area contributed by atoms with E-state index in [1.807, 2.05) is 18.2 Å². The molecule has 0 unspecified atom stereocenters. The maximum atomic E-state index is 14.3. The second kappa shape index (κ2) is 7.40. The SMILES string of the molecule is O=C1CCN(c2cc(C(=O)Nc3ccc4c(c3)CCNC4)ccc2F)C(=O)N1. The number of anilines is 2. The lowest BCUT2D eigenvalue weighted by Gasteiger charge is -2.27. The summed E-state index contributed by atoms with van der Waals surface area (Å²) in [5.41, 5.74) is 3.25.